The van der Waals surface area contributed by atoms with Crippen LogP contribution in [0.4, 0.5) is 5.69 Å². The van der Waals surface area contributed by atoms with E-state index in [1.807, 2.05) is 0 Å². The number of hydrogen-bond acceptors (Lipinski definition) is 6. The first-order chi connectivity index (χ1) is 12.2. The van der Waals surface area contributed by atoms with Crippen LogP contribution in [0.15, 0.2) is 35.2 Å². The summed E-state index contributed by atoms with van der Waals surface area (Å²) in [6, 6.07) is 6.92. The minimum Gasteiger partial charge on any atom is -0.495 e. The summed E-state index contributed by atoms with van der Waals surface area (Å²) in [6.07, 6.45) is 0. The van der Waals surface area contributed by atoms with Gasteiger partial charge in [-0.05, 0) is 30.3 Å². The van der Waals surface area contributed by atoms with E-state index in [0.29, 0.717) is 5.75 Å². The van der Waals surface area contributed by atoms with Crippen molar-refractivity contribution in [2.45, 2.75) is 4.90 Å². The molecule has 0 aliphatic carbocycles. The molecule has 0 atom stereocenters. The Balaban J connectivity index is 2.38. The summed E-state index contributed by atoms with van der Waals surface area (Å²) in [4.78, 5) is 12.2. The molecule has 2 rings (SSSR count). The molecule has 2 aromatic rings. The molecule has 0 bridgehead atoms. The van der Waals surface area contributed by atoms with Crippen molar-refractivity contribution < 1.29 is 27.4 Å². The molecule has 0 aliphatic heterocycles. The lowest BCUT2D eigenvalue weighted by Crippen LogP contribution is -2.16. The third-order valence-corrected chi connectivity index (χ3v) is 4.64. The van der Waals surface area contributed by atoms with Crippen LogP contribution in [-0.2, 0) is 10.0 Å². The van der Waals surface area contributed by atoms with Crippen molar-refractivity contribution in [3.05, 3.63) is 40.9 Å². The third-order valence-electron chi connectivity index (χ3n) is 3.42. The fourth-order valence-electron chi connectivity index (χ4n) is 2.23. The maximum absolute atomic E-state index is 12.5. The summed E-state index contributed by atoms with van der Waals surface area (Å²) in [7, 11) is 0.125. The number of ether oxygens (including phenoxy) is 3. The van der Waals surface area contributed by atoms with Gasteiger partial charge in [-0.1, -0.05) is 11.6 Å². The number of primary sulfonamides is 1. The number of amides is 1. The highest BCUT2D eigenvalue weighted by Crippen LogP contribution is 2.36. The lowest BCUT2D eigenvalue weighted by atomic mass is 10.1. The second-order valence-electron chi connectivity index (χ2n) is 5.06. The van der Waals surface area contributed by atoms with Crippen LogP contribution in [0.1, 0.15) is 10.4 Å². The summed E-state index contributed by atoms with van der Waals surface area (Å²) in [5, 5.41) is 7.93. The average molecular weight is 401 g/mol. The van der Waals surface area contributed by atoms with Crippen LogP contribution in [0.5, 0.6) is 17.2 Å². The van der Waals surface area contributed by atoms with Crippen molar-refractivity contribution in [1.82, 2.24) is 0 Å². The SMILES string of the molecule is COc1ccc(NC(=O)c2cc(Cl)c(OC)c(OC)c2)cc1S(N)(=O)=O. The summed E-state index contributed by atoms with van der Waals surface area (Å²) >= 11 is 6.09. The number of hydrogen-bond donors (Lipinski definition) is 2. The lowest BCUT2D eigenvalue weighted by Gasteiger charge is -2.13. The van der Waals surface area contributed by atoms with Crippen LogP contribution >= 0.6 is 11.6 Å². The number of nitrogens with one attached hydrogen (secondary N) is 1. The summed E-state index contributed by atoms with van der Waals surface area (Å²) < 4.78 is 38.5. The fraction of sp³-hybridized carbons (Fsp3) is 0.188. The van der Waals surface area contributed by atoms with E-state index < -0.39 is 15.9 Å². The normalized spacial score (nSPS) is 11.0. The molecule has 140 valence electrons. The van der Waals surface area contributed by atoms with Crippen molar-refractivity contribution in [3.8, 4) is 17.2 Å². The van der Waals surface area contributed by atoms with Crippen LogP contribution in [0, 0.1) is 0 Å². The molecule has 0 spiro atoms. The number of benzene rings is 2. The van der Waals surface area contributed by atoms with Crippen molar-refractivity contribution >= 4 is 33.2 Å². The van der Waals surface area contributed by atoms with Gasteiger partial charge < -0.3 is 19.5 Å². The number of carbonyl (C=O) groups excluding carboxylic acids is 1. The van der Waals surface area contributed by atoms with Gasteiger partial charge in [0.25, 0.3) is 5.91 Å². The summed E-state index contributed by atoms with van der Waals surface area (Å²) in [6.45, 7) is 0. The van der Waals surface area contributed by atoms with Crippen molar-refractivity contribution in [2.24, 2.45) is 5.14 Å². The zero-order valence-electron chi connectivity index (χ0n) is 14.2. The Bertz CT molecular complexity index is 946. The number of sulfonamides is 1. The van der Waals surface area contributed by atoms with Crippen LogP contribution < -0.4 is 24.7 Å². The second-order valence-corrected chi connectivity index (χ2v) is 7.00. The van der Waals surface area contributed by atoms with E-state index in [-0.39, 0.29) is 32.7 Å². The minimum absolute atomic E-state index is 0.0691. The number of halogens is 1. The number of anilines is 1. The molecule has 8 nitrogen and oxygen atoms in total. The predicted molar refractivity (Wildman–Crippen MR) is 96.9 cm³/mol. The Hall–Kier alpha value is -2.49. The summed E-state index contributed by atoms with van der Waals surface area (Å²) in [5.41, 5.74) is 0.409. The molecule has 0 saturated carbocycles. The first-order valence-corrected chi connectivity index (χ1v) is 9.07. The number of methoxy groups -OCH3 is 3. The molecule has 2 aromatic carbocycles. The molecule has 0 saturated heterocycles. The zero-order valence-corrected chi connectivity index (χ0v) is 15.8. The van der Waals surface area contributed by atoms with E-state index >= 15 is 0 Å². The highest BCUT2D eigenvalue weighted by atomic mass is 35.5. The van der Waals surface area contributed by atoms with E-state index in [1.165, 1.54) is 51.7 Å². The largest absolute Gasteiger partial charge is 0.495 e. The number of carbonyl (C=O) groups is 1. The summed E-state index contributed by atoms with van der Waals surface area (Å²) in [5.74, 6) is 0.120. The Labute approximate surface area is 155 Å². The van der Waals surface area contributed by atoms with Gasteiger partial charge in [-0.3, -0.25) is 4.79 Å². The molecule has 0 aliphatic rings. The number of rotatable bonds is 6. The molecule has 10 heteroatoms. The van der Waals surface area contributed by atoms with Crippen LogP contribution in [-0.4, -0.2) is 35.7 Å². The quantitative estimate of drug-likeness (QED) is 0.768. The standard InChI is InChI=1S/C16H17ClN2O6S/c1-23-12-5-4-10(8-14(12)26(18,21)22)19-16(20)9-6-11(17)15(25-3)13(7-9)24-2/h4-8H,1-3H3,(H,19,20)(H2,18,21,22). The smallest absolute Gasteiger partial charge is 0.255 e. The van der Waals surface area contributed by atoms with Crippen molar-refractivity contribution in [3.63, 3.8) is 0 Å². The van der Waals surface area contributed by atoms with Gasteiger partial charge in [0.1, 0.15) is 10.6 Å². The van der Waals surface area contributed by atoms with Gasteiger partial charge >= 0.3 is 0 Å². The molecule has 0 aromatic heterocycles. The maximum Gasteiger partial charge on any atom is 0.255 e. The first kappa shape index (κ1) is 19.8. The van der Waals surface area contributed by atoms with Crippen LogP contribution in [0.2, 0.25) is 5.02 Å². The van der Waals surface area contributed by atoms with Gasteiger partial charge in [0, 0.05) is 11.3 Å². The average Bonchev–Trinajstić information content (AvgIpc) is 2.60. The highest BCUT2D eigenvalue weighted by Gasteiger charge is 2.18. The fourth-order valence-corrected chi connectivity index (χ4v) is 3.24. The molecule has 26 heavy (non-hydrogen) atoms. The van der Waals surface area contributed by atoms with Crippen molar-refractivity contribution in [2.75, 3.05) is 26.6 Å². The molecule has 1 amide bonds. The Morgan fingerprint density at radius 2 is 1.69 bits per heavy atom. The first-order valence-electron chi connectivity index (χ1n) is 7.15. The Kier molecular flexibility index (Phi) is 5.96. The number of nitrogens with two attached hydrogens (primary N) is 1. The van der Waals surface area contributed by atoms with Gasteiger partial charge in [0.05, 0.1) is 26.4 Å². The minimum atomic E-state index is -4.03. The van der Waals surface area contributed by atoms with E-state index in [4.69, 9.17) is 31.0 Å². The molecule has 0 heterocycles. The van der Waals surface area contributed by atoms with Crippen molar-refractivity contribution in [1.29, 1.82) is 0 Å². The van der Waals surface area contributed by atoms with Gasteiger partial charge in [-0.15, -0.1) is 0 Å². The highest BCUT2D eigenvalue weighted by molar-refractivity contribution is 7.89. The van der Waals surface area contributed by atoms with Gasteiger partial charge in [0.2, 0.25) is 10.0 Å². The molecule has 0 radical (unpaired) electrons. The van der Waals surface area contributed by atoms with E-state index in [1.54, 1.807) is 0 Å². The van der Waals surface area contributed by atoms with E-state index in [9.17, 15) is 13.2 Å². The van der Waals surface area contributed by atoms with Gasteiger partial charge in [-0.25, -0.2) is 13.6 Å². The lowest BCUT2D eigenvalue weighted by molar-refractivity contribution is 0.102. The molecular formula is C16H17ClN2O6S. The third kappa shape index (κ3) is 4.18. The van der Waals surface area contributed by atoms with Crippen LogP contribution in [0.3, 0.4) is 0 Å². The second kappa shape index (κ2) is 7.81. The van der Waals surface area contributed by atoms with Gasteiger partial charge in [-0.2, -0.15) is 0 Å². The zero-order chi connectivity index (χ0) is 19.5. The van der Waals surface area contributed by atoms with E-state index in [0.717, 1.165) is 0 Å². The van der Waals surface area contributed by atoms with E-state index in [2.05, 4.69) is 5.32 Å². The molecular weight excluding hydrogens is 384 g/mol. The molecule has 0 fully saturated rings. The topological polar surface area (TPSA) is 117 Å². The Morgan fingerprint density at radius 1 is 1.04 bits per heavy atom. The molecule has 0 unspecified atom stereocenters. The predicted octanol–water partition coefficient (Wildman–Crippen LogP) is 2.27. The molecule has 3 N–H and O–H groups in total. The Morgan fingerprint density at radius 3 is 2.23 bits per heavy atom. The van der Waals surface area contributed by atoms with Gasteiger partial charge in [0.15, 0.2) is 11.5 Å². The maximum atomic E-state index is 12.5. The monoisotopic (exact) mass is 400 g/mol. The van der Waals surface area contributed by atoms with Crippen LogP contribution in [0.25, 0.3) is 0 Å².